The van der Waals surface area contributed by atoms with E-state index in [1.165, 1.54) is 142 Å². The molecule has 534 valence electrons. The maximum absolute atomic E-state index is 14.2. The molecule has 37 heteroatoms. The zero-order valence-electron chi connectivity index (χ0n) is 53.4. The van der Waals surface area contributed by atoms with Gasteiger partial charge in [0.25, 0.3) is 22.9 Å². The molecule has 4 aromatic carbocycles. The molecule has 5 unspecified atom stereocenters. The van der Waals surface area contributed by atoms with Crippen LogP contribution in [0.5, 0.6) is 0 Å². The number of carboxylic acid groups (broad SMARTS) is 2. The number of amides is 2. The lowest BCUT2D eigenvalue weighted by Crippen LogP contribution is -2.34. The van der Waals surface area contributed by atoms with Crippen LogP contribution in [0.3, 0.4) is 0 Å². The fraction of sp³-hybridized carbons (Fsp3) is 0.154. The number of aromatic nitrogens is 4. The van der Waals surface area contributed by atoms with Gasteiger partial charge in [0.15, 0.2) is 12.1 Å². The van der Waals surface area contributed by atoms with Gasteiger partial charge in [-0.3, -0.25) is 24.0 Å². The molecule has 102 heavy (non-hydrogen) atoms. The topological polar surface area (TPSA) is 424 Å². The quantitative estimate of drug-likeness (QED) is 0.0281. The third kappa shape index (κ3) is 19.8. The number of aromatic amines is 2. The minimum Gasteiger partial charge on any atom is -0.480 e. The molecular weight excluding hydrogens is 1500 g/mol. The zero-order valence-corrected chi connectivity index (χ0v) is 59.8. The molecule has 0 saturated heterocycles. The molecule has 0 fully saturated rings. The van der Waals surface area contributed by atoms with Gasteiger partial charge < -0.3 is 72.9 Å². The number of esters is 3. The van der Waals surface area contributed by atoms with Crippen LogP contribution in [-0.4, -0.2) is 106 Å². The molecular formula is C65H58Cl3F2N11O16S5. The molecule has 27 nitrogen and oxygen atoms in total. The van der Waals surface area contributed by atoms with Crippen LogP contribution in [0.15, 0.2) is 163 Å². The minimum absolute atomic E-state index is 0.0153. The molecule has 0 aliphatic heterocycles. The van der Waals surface area contributed by atoms with Gasteiger partial charge in [0.1, 0.15) is 29.8 Å². The van der Waals surface area contributed by atoms with Crippen molar-refractivity contribution in [2.24, 2.45) is 17.2 Å². The SMILES string of the molecule is CNc1cc2[nH]c(=O)n(-c3ccc(C(=O)NC(C(=O)O)c4ccc(Cl)s4)cc3)c(=O)c2cc1F.CNc1cc2[nH]c(=O)n(-c3ccc(C(=O)NC(C(=O)OC)c4ccc(Cl)s4)cc3)c(=O)c2cc1F.COC(=O)C(N)c1ccc(Cl)s1.COC(=O)C(N)c1cccs1.NC(C(=O)O)c1cccs1. The third-order valence-corrected chi connectivity index (χ3v) is 19.9. The van der Waals surface area contributed by atoms with Crippen molar-refractivity contribution >= 4 is 166 Å². The Kier molecular flexibility index (Phi) is 28.2. The van der Waals surface area contributed by atoms with Gasteiger partial charge in [0.2, 0.25) is 0 Å². The Morgan fingerprint density at radius 1 is 0.480 bits per heavy atom. The van der Waals surface area contributed by atoms with E-state index >= 15 is 0 Å². The number of carbonyl (C=O) groups excluding carboxylic acids is 5. The monoisotopic (exact) mass is 1550 g/mol. The summed E-state index contributed by atoms with van der Waals surface area (Å²) in [6.45, 7) is 0. The summed E-state index contributed by atoms with van der Waals surface area (Å²) >= 11 is 23.7. The molecule has 0 radical (unpaired) electrons. The van der Waals surface area contributed by atoms with E-state index in [-0.39, 0.29) is 55.7 Å². The Balaban J connectivity index is 0.000000199. The van der Waals surface area contributed by atoms with E-state index in [4.69, 9.17) is 61.8 Å². The molecule has 0 spiro atoms. The highest BCUT2D eigenvalue weighted by atomic mass is 35.5. The number of hydrogen-bond acceptors (Lipinski definition) is 24. The van der Waals surface area contributed by atoms with Crippen molar-refractivity contribution in [3.8, 4) is 11.4 Å². The Bertz CT molecular complexity index is 5090. The fourth-order valence-corrected chi connectivity index (χ4v) is 13.6. The summed E-state index contributed by atoms with van der Waals surface area (Å²) in [5, 5.41) is 31.8. The first-order valence-corrected chi connectivity index (χ1v) is 34.3. The molecule has 7 heterocycles. The number of methoxy groups -OCH3 is 3. The van der Waals surface area contributed by atoms with Crippen LogP contribution >= 0.6 is 91.5 Å². The number of carbonyl (C=O) groups is 7. The second-order valence-electron chi connectivity index (χ2n) is 20.4. The standard InChI is InChI=1S/C23H18ClFN4O5S.C22H16ClFN4O5S.C7H8ClNO2S.C7H9NO2S.C6H7NO2S/c1-26-16-10-15-13(9-14(16)25)21(31)29(23(33)27-15)12-5-3-11(4-6-12)20(30)28-19(22(32)34-2)17-7-8-18(24)35-17;1-25-15-9-14-12(8-13(15)24)20(30)28(22(33)26-14)11-4-2-10(3-5-11)19(29)27-18(21(31)32)16-6-7-17(23)34-16;1-11-7(10)6(9)4-2-3-5(8)12-4;1-10-7(9)6(8)5-3-2-4-11-5;7-5(6(8)9)4-2-1-3-10-4/h3-10,19,26H,1-2H3,(H,27,33)(H,28,30);2-9,18,25H,1H3,(H,26,33)(H,27,29)(H,31,32);2-3,6H,9H2,1H3;2-4,6H,8H2,1H3;1-3,5H,7H2,(H,8,9). The van der Waals surface area contributed by atoms with Gasteiger partial charge in [-0.05, 0) is 132 Å². The number of nitrogens with zero attached hydrogens (tertiary/aromatic N) is 2. The maximum Gasteiger partial charge on any atom is 0.333 e. The number of H-pyrrole nitrogens is 2. The Morgan fingerprint density at radius 3 is 1.18 bits per heavy atom. The Morgan fingerprint density at radius 2 is 0.843 bits per heavy atom. The Labute approximate surface area is 609 Å². The van der Waals surface area contributed by atoms with Crippen molar-refractivity contribution in [1.82, 2.24) is 29.7 Å². The number of nitrogens with one attached hydrogen (secondary N) is 6. The van der Waals surface area contributed by atoms with Crippen molar-refractivity contribution in [2.45, 2.75) is 30.2 Å². The summed E-state index contributed by atoms with van der Waals surface area (Å²) in [7, 11) is 6.86. The van der Waals surface area contributed by atoms with Crippen LogP contribution in [0.25, 0.3) is 33.2 Å². The largest absolute Gasteiger partial charge is 0.480 e. The number of nitrogens with two attached hydrogens (primary N) is 3. The van der Waals surface area contributed by atoms with Gasteiger partial charge in [-0.15, -0.1) is 56.7 Å². The maximum atomic E-state index is 14.2. The first-order valence-electron chi connectivity index (χ1n) is 29.0. The molecule has 7 aromatic heterocycles. The van der Waals surface area contributed by atoms with Gasteiger partial charge in [0, 0.05) is 49.6 Å². The van der Waals surface area contributed by atoms with E-state index in [1.807, 2.05) is 17.5 Å². The number of rotatable bonds is 18. The van der Waals surface area contributed by atoms with E-state index in [1.54, 1.807) is 41.8 Å². The molecule has 14 N–H and O–H groups in total. The zero-order chi connectivity index (χ0) is 74.8. The fourth-order valence-electron chi connectivity index (χ4n) is 8.90. The van der Waals surface area contributed by atoms with Crippen LogP contribution in [0.2, 0.25) is 13.0 Å². The number of thiophene rings is 5. The normalized spacial score (nSPS) is 12.1. The van der Waals surface area contributed by atoms with Crippen molar-refractivity contribution in [3.63, 3.8) is 0 Å². The molecule has 11 rings (SSSR count). The lowest BCUT2D eigenvalue weighted by molar-refractivity contribution is -0.143. The van der Waals surface area contributed by atoms with Crippen molar-refractivity contribution < 1.29 is 66.8 Å². The highest BCUT2D eigenvalue weighted by Crippen LogP contribution is 2.31. The molecule has 0 aliphatic rings. The highest BCUT2D eigenvalue weighted by Gasteiger charge is 2.28. The summed E-state index contributed by atoms with van der Waals surface area (Å²) in [5.74, 6) is -6.32. The van der Waals surface area contributed by atoms with Crippen LogP contribution in [-0.2, 0) is 38.2 Å². The number of fused-ring (bicyclic) bond motifs is 2. The van der Waals surface area contributed by atoms with Crippen LogP contribution in [0, 0.1) is 11.6 Å². The van der Waals surface area contributed by atoms with Gasteiger partial charge in [-0.25, -0.2) is 46.7 Å². The molecule has 0 bridgehead atoms. The van der Waals surface area contributed by atoms with E-state index in [0.29, 0.717) is 32.5 Å². The van der Waals surface area contributed by atoms with Crippen molar-refractivity contribution in [1.29, 1.82) is 0 Å². The smallest absolute Gasteiger partial charge is 0.333 e. The lowest BCUT2D eigenvalue weighted by Gasteiger charge is -2.15. The first kappa shape index (κ1) is 79.1. The van der Waals surface area contributed by atoms with E-state index in [9.17, 15) is 66.6 Å². The van der Waals surface area contributed by atoms with Crippen LogP contribution in [0.1, 0.15) is 75.3 Å². The molecule has 0 aliphatic carbocycles. The number of aliphatic carboxylic acids is 2. The van der Waals surface area contributed by atoms with Crippen molar-refractivity contribution in [3.05, 3.63) is 246 Å². The van der Waals surface area contributed by atoms with Gasteiger partial charge in [0.05, 0.1) is 78.9 Å². The molecule has 0 saturated carbocycles. The number of carboxylic acids is 2. The Hall–Kier alpha value is -10.2. The number of anilines is 2. The van der Waals surface area contributed by atoms with E-state index in [2.05, 4.69) is 40.7 Å². The second kappa shape index (κ2) is 36.4. The van der Waals surface area contributed by atoms with Crippen molar-refractivity contribution in [2.75, 3.05) is 46.1 Å². The van der Waals surface area contributed by atoms with E-state index in [0.717, 1.165) is 48.8 Å². The predicted octanol–water partition coefficient (Wildman–Crippen LogP) is 9.68. The van der Waals surface area contributed by atoms with Gasteiger partial charge in [-0.1, -0.05) is 46.9 Å². The second-order valence-corrected chi connectivity index (χ2v) is 27.6. The van der Waals surface area contributed by atoms with Gasteiger partial charge >= 0.3 is 41.2 Å². The molecule has 5 atom stereocenters. The third-order valence-electron chi connectivity index (χ3n) is 14.1. The number of hydrogen-bond donors (Lipinski definition) is 11. The minimum atomic E-state index is -1.30. The average molecular weight is 1550 g/mol. The van der Waals surface area contributed by atoms with Crippen LogP contribution < -0.4 is 61.0 Å². The molecule has 11 aromatic rings. The summed E-state index contributed by atoms with van der Waals surface area (Å²) in [6.07, 6.45) is 0. The first-order chi connectivity index (χ1) is 48.5. The van der Waals surface area contributed by atoms with E-state index < -0.39 is 106 Å². The summed E-state index contributed by atoms with van der Waals surface area (Å²) in [5.41, 5.74) is 14.6. The summed E-state index contributed by atoms with van der Waals surface area (Å²) < 4.78 is 45.2. The predicted molar refractivity (Wildman–Crippen MR) is 388 cm³/mol. The lowest BCUT2D eigenvalue weighted by atomic mass is 10.1. The summed E-state index contributed by atoms with van der Waals surface area (Å²) in [6, 6.07) is 27.9. The highest BCUT2D eigenvalue weighted by molar-refractivity contribution is 7.17. The summed E-state index contributed by atoms with van der Waals surface area (Å²) in [4.78, 5) is 141. The van der Waals surface area contributed by atoms with Crippen LogP contribution in [0.4, 0.5) is 20.2 Å². The number of ether oxygens (including phenoxy) is 3. The number of benzene rings is 4. The number of halogens is 5. The molecule has 2 amide bonds. The average Bonchev–Trinajstić information content (AvgIpc) is 1.19. The van der Waals surface area contributed by atoms with Gasteiger partial charge in [-0.2, -0.15) is 0 Å².